The zero-order valence-electron chi connectivity index (χ0n) is 16.7. The molecule has 0 atom stereocenters. The molecule has 4 fully saturated rings. The molecule has 6 heteroatoms. The number of hydrogen-bond donors (Lipinski definition) is 3. The van der Waals surface area contributed by atoms with E-state index in [0.29, 0.717) is 18.5 Å². The molecule has 2 amide bonds. The molecule has 0 unspecified atom stereocenters. The smallest absolute Gasteiger partial charge is 0.407 e. The van der Waals surface area contributed by atoms with E-state index in [1.807, 2.05) is 24.3 Å². The van der Waals surface area contributed by atoms with Crippen LogP contribution in [0.4, 0.5) is 4.79 Å². The van der Waals surface area contributed by atoms with E-state index in [4.69, 9.17) is 5.21 Å². The number of nitrogens with zero attached hydrogens (tertiary/aromatic N) is 1. The zero-order valence-corrected chi connectivity index (χ0v) is 16.7. The summed E-state index contributed by atoms with van der Waals surface area (Å²) in [6.07, 6.45) is 11.1. The summed E-state index contributed by atoms with van der Waals surface area (Å²) in [4.78, 5) is 24.4. The van der Waals surface area contributed by atoms with Crippen molar-refractivity contribution in [1.29, 1.82) is 0 Å². The maximum absolute atomic E-state index is 11.8. The van der Waals surface area contributed by atoms with Crippen LogP contribution in [-0.4, -0.2) is 33.8 Å². The van der Waals surface area contributed by atoms with Gasteiger partial charge in [-0.15, -0.1) is 0 Å². The van der Waals surface area contributed by atoms with Gasteiger partial charge < -0.3 is 10.0 Å². The fourth-order valence-electron chi connectivity index (χ4n) is 6.37. The van der Waals surface area contributed by atoms with E-state index in [9.17, 15) is 14.7 Å². The van der Waals surface area contributed by atoms with Crippen LogP contribution in [0.25, 0.3) is 6.08 Å². The van der Waals surface area contributed by atoms with Gasteiger partial charge in [0.1, 0.15) is 0 Å². The Labute approximate surface area is 171 Å². The van der Waals surface area contributed by atoms with Gasteiger partial charge >= 0.3 is 6.09 Å². The predicted molar refractivity (Wildman–Crippen MR) is 109 cm³/mol. The van der Waals surface area contributed by atoms with Crippen molar-refractivity contribution in [3.63, 3.8) is 0 Å². The Bertz CT molecular complexity index is 751. The lowest BCUT2D eigenvalue weighted by molar-refractivity contribution is -0.124. The third-order valence-corrected chi connectivity index (χ3v) is 7.24. The van der Waals surface area contributed by atoms with Crippen molar-refractivity contribution in [3.05, 3.63) is 41.5 Å². The Morgan fingerprint density at radius 3 is 2.17 bits per heavy atom. The van der Waals surface area contributed by atoms with Crippen molar-refractivity contribution >= 4 is 18.1 Å². The highest BCUT2D eigenvalue weighted by Gasteiger charge is 2.50. The molecule has 0 heterocycles. The van der Waals surface area contributed by atoms with Gasteiger partial charge in [0.25, 0.3) is 5.91 Å². The van der Waals surface area contributed by atoms with Gasteiger partial charge in [-0.2, -0.15) is 0 Å². The lowest BCUT2D eigenvalue weighted by Crippen LogP contribution is -2.47. The Kier molecular flexibility index (Phi) is 5.63. The molecule has 1 aromatic carbocycles. The average molecular weight is 399 g/mol. The van der Waals surface area contributed by atoms with Crippen molar-refractivity contribution in [2.45, 2.75) is 51.5 Å². The van der Waals surface area contributed by atoms with Crippen LogP contribution >= 0.6 is 0 Å². The van der Waals surface area contributed by atoms with Gasteiger partial charge in [0.2, 0.25) is 0 Å². The van der Waals surface area contributed by atoms with Gasteiger partial charge in [-0.25, -0.2) is 10.3 Å². The summed E-state index contributed by atoms with van der Waals surface area (Å²) in [5.74, 6) is 2.06. The third kappa shape index (κ3) is 4.64. The lowest BCUT2D eigenvalue weighted by Gasteiger charge is -2.57. The minimum absolute atomic E-state index is 0.378. The fourth-order valence-corrected chi connectivity index (χ4v) is 6.37. The van der Waals surface area contributed by atoms with Gasteiger partial charge in [0, 0.05) is 19.2 Å². The topological polar surface area (TPSA) is 89.9 Å². The molecular weight excluding hydrogens is 368 g/mol. The van der Waals surface area contributed by atoms with E-state index < -0.39 is 12.0 Å². The minimum Gasteiger partial charge on any atom is -0.465 e. The molecule has 0 aromatic heterocycles. The molecule has 4 bridgehead atoms. The molecule has 0 spiro atoms. The molecule has 4 saturated carbocycles. The molecule has 3 N–H and O–H groups in total. The molecule has 6 nitrogen and oxygen atoms in total. The summed E-state index contributed by atoms with van der Waals surface area (Å²) in [5, 5.41) is 18.2. The van der Waals surface area contributed by atoms with E-state index in [1.165, 1.54) is 44.6 Å². The highest BCUT2D eigenvalue weighted by molar-refractivity contribution is 5.90. The minimum atomic E-state index is -0.863. The van der Waals surface area contributed by atoms with Gasteiger partial charge in [-0.3, -0.25) is 10.0 Å². The molecule has 0 saturated heterocycles. The van der Waals surface area contributed by atoms with Crippen LogP contribution < -0.4 is 5.48 Å². The highest BCUT2D eigenvalue weighted by Crippen LogP contribution is 2.61. The number of carboxylic acid groups (broad SMARTS) is 1. The second-order valence-electron chi connectivity index (χ2n) is 9.42. The van der Waals surface area contributed by atoms with Crippen molar-refractivity contribution in [2.75, 3.05) is 6.54 Å². The summed E-state index contributed by atoms with van der Waals surface area (Å²) >= 11 is 0. The normalized spacial score (nSPS) is 29.9. The number of carbonyl (C=O) groups is 2. The first-order valence-electron chi connectivity index (χ1n) is 10.6. The van der Waals surface area contributed by atoms with Crippen LogP contribution in [-0.2, 0) is 11.3 Å². The summed E-state index contributed by atoms with van der Waals surface area (Å²) in [7, 11) is 0. The van der Waals surface area contributed by atoms with E-state index in [0.717, 1.165) is 35.3 Å². The average Bonchev–Trinajstić information content (AvgIpc) is 2.69. The van der Waals surface area contributed by atoms with Crippen LogP contribution in [0.15, 0.2) is 30.3 Å². The summed E-state index contributed by atoms with van der Waals surface area (Å²) < 4.78 is 0. The van der Waals surface area contributed by atoms with Crippen LogP contribution in [0.3, 0.4) is 0 Å². The monoisotopic (exact) mass is 398 g/mol. The summed E-state index contributed by atoms with van der Waals surface area (Å²) in [6.45, 7) is 0.975. The van der Waals surface area contributed by atoms with Crippen LogP contribution in [0, 0.1) is 23.2 Å². The van der Waals surface area contributed by atoms with E-state index in [1.54, 1.807) is 16.5 Å². The van der Waals surface area contributed by atoms with Gasteiger partial charge in [0.15, 0.2) is 0 Å². The Hall–Kier alpha value is -2.34. The number of benzene rings is 1. The van der Waals surface area contributed by atoms with E-state index in [2.05, 4.69) is 0 Å². The number of hydrogen-bond acceptors (Lipinski definition) is 3. The van der Waals surface area contributed by atoms with Crippen molar-refractivity contribution in [3.8, 4) is 0 Å². The summed E-state index contributed by atoms with van der Waals surface area (Å²) in [5.41, 5.74) is 3.67. The number of hydroxylamine groups is 1. The van der Waals surface area contributed by atoms with Crippen LogP contribution in [0.1, 0.15) is 56.1 Å². The van der Waals surface area contributed by atoms with Gasteiger partial charge in [-0.05, 0) is 85.3 Å². The van der Waals surface area contributed by atoms with Gasteiger partial charge in [-0.1, -0.05) is 24.3 Å². The highest BCUT2D eigenvalue weighted by atomic mass is 16.5. The van der Waals surface area contributed by atoms with Gasteiger partial charge in [0.05, 0.1) is 0 Å². The number of nitrogens with one attached hydrogen (secondary N) is 1. The van der Waals surface area contributed by atoms with Crippen molar-refractivity contribution in [2.24, 2.45) is 23.2 Å². The fraction of sp³-hybridized carbons (Fsp3) is 0.565. The first-order valence-corrected chi connectivity index (χ1v) is 10.6. The maximum atomic E-state index is 11.8. The second-order valence-corrected chi connectivity index (χ2v) is 9.42. The number of amides is 2. The first-order chi connectivity index (χ1) is 13.9. The maximum Gasteiger partial charge on any atom is 0.407 e. The van der Waals surface area contributed by atoms with Crippen LogP contribution in [0.2, 0.25) is 0 Å². The van der Waals surface area contributed by atoms with Crippen molar-refractivity contribution in [1.82, 2.24) is 10.4 Å². The number of rotatable bonds is 7. The molecule has 5 rings (SSSR count). The molecular formula is C23H30N2O4. The van der Waals surface area contributed by atoms with E-state index >= 15 is 0 Å². The molecule has 1 aromatic rings. The van der Waals surface area contributed by atoms with E-state index in [-0.39, 0.29) is 0 Å². The number of carbonyl (C=O) groups excluding carboxylic acids is 1. The Morgan fingerprint density at radius 2 is 1.66 bits per heavy atom. The molecule has 4 aliphatic carbocycles. The zero-order chi connectivity index (χ0) is 20.4. The second kappa shape index (κ2) is 8.19. The van der Waals surface area contributed by atoms with Crippen molar-refractivity contribution < 1.29 is 19.9 Å². The SMILES string of the molecule is O=C(C=Cc1ccc(CN(CCC23CC4CC(CC(C4)C2)C3)C(=O)O)cc1)NO. The predicted octanol–water partition coefficient (Wildman–Crippen LogP) is 4.29. The largest absolute Gasteiger partial charge is 0.465 e. The third-order valence-electron chi connectivity index (χ3n) is 7.24. The quantitative estimate of drug-likeness (QED) is 0.363. The molecule has 29 heavy (non-hydrogen) atoms. The molecule has 0 aliphatic heterocycles. The molecule has 0 radical (unpaired) electrons. The molecule has 156 valence electrons. The first kappa shape index (κ1) is 20.0. The Balaban J connectivity index is 1.35. The summed E-state index contributed by atoms with van der Waals surface area (Å²) in [6, 6.07) is 7.46. The Morgan fingerprint density at radius 1 is 1.07 bits per heavy atom. The lowest BCUT2D eigenvalue weighted by atomic mass is 9.49. The van der Waals surface area contributed by atoms with Crippen LogP contribution in [0.5, 0.6) is 0 Å². The molecule has 4 aliphatic rings. The standard InChI is InChI=1S/C23H30N2O4/c26-21(24-29)6-5-16-1-3-17(4-2-16)15-25(22(27)28)8-7-23-12-18-9-19(13-23)11-20(10-18)14-23/h1-6,18-20,29H,7-15H2,(H,24,26)(H,27,28).